The second kappa shape index (κ2) is 12.3. The maximum atomic E-state index is 12.1. The molecular weight excluding hydrogens is 440 g/mol. The van der Waals surface area contributed by atoms with Crippen molar-refractivity contribution in [2.24, 2.45) is 0 Å². The van der Waals surface area contributed by atoms with E-state index in [0.29, 0.717) is 62.2 Å². The lowest BCUT2D eigenvalue weighted by Gasteiger charge is -2.32. The van der Waals surface area contributed by atoms with Crippen LogP contribution in [0.4, 0.5) is 16.3 Å². The number of nitrogens with one attached hydrogen (secondary N) is 1. The van der Waals surface area contributed by atoms with Crippen LogP contribution in [-0.4, -0.2) is 71.7 Å². The van der Waals surface area contributed by atoms with E-state index in [1.54, 1.807) is 30.3 Å². The molecular formula is C24H34N4O6. The van der Waals surface area contributed by atoms with E-state index in [4.69, 9.17) is 24.1 Å². The molecule has 0 bridgehead atoms. The number of amides is 1. The molecule has 10 heteroatoms. The molecule has 0 saturated carbocycles. The molecule has 1 amide bonds. The third-order valence-electron chi connectivity index (χ3n) is 5.27. The van der Waals surface area contributed by atoms with E-state index in [9.17, 15) is 4.79 Å². The molecule has 1 saturated heterocycles. The van der Waals surface area contributed by atoms with Crippen molar-refractivity contribution in [1.82, 2.24) is 14.9 Å². The van der Waals surface area contributed by atoms with Gasteiger partial charge in [-0.3, -0.25) is 0 Å². The Hall–Kier alpha value is -3.27. The van der Waals surface area contributed by atoms with Gasteiger partial charge in [0.25, 0.3) is 0 Å². The summed E-state index contributed by atoms with van der Waals surface area (Å²) in [6, 6.07) is 5.39. The monoisotopic (exact) mass is 474 g/mol. The van der Waals surface area contributed by atoms with Crippen molar-refractivity contribution >= 4 is 17.6 Å². The molecule has 0 aliphatic carbocycles. The van der Waals surface area contributed by atoms with Crippen molar-refractivity contribution in [3.8, 4) is 17.4 Å². The highest BCUT2D eigenvalue weighted by molar-refractivity contribution is 5.68. The second-order valence-electron chi connectivity index (χ2n) is 8.26. The van der Waals surface area contributed by atoms with E-state index in [1.165, 1.54) is 0 Å². The molecule has 3 rings (SSSR count). The van der Waals surface area contributed by atoms with Crippen LogP contribution in [0.1, 0.15) is 38.8 Å². The largest absolute Gasteiger partial charge is 0.490 e. The van der Waals surface area contributed by atoms with Crippen molar-refractivity contribution in [2.45, 2.75) is 52.2 Å². The topological polar surface area (TPSA) is 115 Å². The Balaban J connectivity index is 1.64. The van der Waals surface area contributed by atoms with Gasteiger partial charge in [0.1, 0.15) is 6.10 Å². The number of ether oxygens (including phenoxy) is 4. The molecule has 0 unspecified atom stereocenters. The zero-order chi connectivity index (χ0) is 24.5. The van der Waals surface area contributed by atoms with Gasteiger partial charge in [-0.05, 0) is 26.8 Å². The molecule has 34 heavy (non-hydrogen) atoms. The number of likely N-dealkylation sites (tertiary alicyclic amines) is 1. The number of anilines is 2. The fourth-order valence-corrected chi connectivity index (χ4v) is 3.54. The van der Waals surface area contributed by atoms with Gasteiger partial charge in [0.05, 0.1) is 31.2 Å². The number of aromatic nitrogens is 2. The number of nitrogens with zero attached hydrogens (tertiary/aromatic N) is 3. The number of piperidine rings is 1. The van der Waals surface area contributed by atoms with Gasteiger partial charge in [-0.1, -0.05) is 0 Å². The standard InChI is InChI=1S/C24H34N4O6/c1-16(2)33-24(30)28-12-9-18(10-13-28)34-20-8-11-25-23(22(20)31-4)27-19-6-7-21(26-17(19)3)32-15-5-14-29/h6-8,11,16,18,29H,5,9-10,12-15H2,1-4H3,(H,25,27). The molecule has 186 valence electrons. The van der Waals surface area contributed by atoms with Crippen LogP contribution >= 0.6 is 0 Å². The summed E-state index contributed by atoms with van der Waals surface area (Å²) in [7, 11) is 1.57. The number of hydrogen-bond acceptors (Lipinski definition) is 9. The maximum Gasteiger partial charge on any atom is 0.410 e. The molecule has 1 aliphatic rings. The number of aliphatic hydroxyl groups is 1. The summed E-state index contributed by atoms with van der Waals surface area (Å²) in [5.41, 5.74) is 1.49. The predicted octanol–water partition coefficient (Wildman–Crippen LogP) is 3.69. The molecule has 2 N–H and O–H groups in total. The quantitative estimate of drug-likeness (QED) is 0.497. The predicted molar refractivity (Wildman–Crippen MR) is 127 cm³/mol. The summed E-state index contributed by atoms with van der Waals surface area (Å²) in [4.78, 5) is 22.7. The van der Waals surface area contributed by atoms with Gasteiger partial charge in [-0.2, -0.15) is 0 Å². The molecule has 2 aromatic heterocycles. The van der Waals surface area contributed by atoms with E-state index < -0.39 is 0 Å². The first-order chi connectivity index (χ1) is 16.4. The lowest BCUT2D eigenvalue weighted by molar-refractivity contribution is 0.0511. The summed E-state index contributed by atoms with van der Waals surface area (Å²) in [6.45, 7) is 7.18. The highest BCUT2D eigenvalue weighted by Gasteiger charge is 2.26. The SMILES string of the molecule is COc1c(OC2CCN(C(=O)OC(C)C)CC2)ccnc1Nc1ccc(OCCCO)nc1C. The molecule has 1 aliphatic heterocycles. The number of hydrogen-bond donors (Lipinski definition) is 2. The maximum absolute atomic E-state index is 12.1. The van der Waals surface area contributed by atoms with Gasteiger partial charge in [-0.15, -0.1) is 0 Å². The van der Waals surface area contributed by atoms with Crippen molar-refractivity contribution < 1.29 is 28.8 Å². The fourth-order valence-electron chi connectivity index (χ4n) is 3.54. The molecule has 0 aromatic carbocycles. The van der Waals surface area contributed by atoms with Crippen LogP contribution in [-0.2, 0) is 4.74 Å². The summed E-state index contributed by atoms with van der Waals surface area (Å²) in [6.07, 6.45) is 3.13. The Morgan fingerprint density at radius 1 is 1.26 bits per heavy atom. The van der Waals surface area contributed by atoms with Gasteiger partial charge in [0.2, 0.25) is 11.6 Å². The zero-order valence-electron chi connectivity index (χ0n) is 20.2. The number of carbonyl (C=O) groups is 1. The average molecular weight is 475 g/mol. The van der Waals surface area contributed by atoms with Crippen molar-refractivity contribution in [3.05, 3.63) is 30.1 Å². The Bertz CT molecular complexity index is 947. The number of rotatable bonds is 10. The van der Waals surface area contributed by atoms with E-state index in [0.717, 1.165) is 11.4 Å². The average Bonchev–Trinajstić information content (AvgIpc) is 2.81. The summed E-state index contributed by atoms with van der Waals surface area (Å²) < 4.78 is 22.7. The van der Waals surface area contributed by atoms with Crippen molar-refractivity contribution in [2.75, 3.05) is 38.7 Å². The Labute approximate surface area is 200 Å². The molecule has 2 aromatic rings. The molecule has 1 fully saturated rings. The number of aliphatic hydroxyl groups excluding tert-OH is 1. The minimum Gasteiger partial charge on any atom is -0.490 e. The van der Waals surface area contributed by atoms with Crippen LogP contribution in [0, 0.1) is 6.92 Å². The molecule has 0 radical (unpaired) electrons. The van der Waals surface area contributed by atoms with E-state index >= 15 is 0 Å². The zero-order valence-corrected chi connectivity index (χ0v) is 20.2. The van der Waals surface area contributed by atoms with Crippen LogP contribution in [0.15, 0.2) is 24.4 Å². The first-order valence-corrected chi connectivity index (χ1v) is 11.5. The number of methoxy groups -OCH3 is 1. The lowest BCUT2D eigenvalue weighted by Crippen LogP contribution is -2.42. The van der Waals surface area contributed by atoms with Crippen LogP contribution < -0.4 is 19.5 Å². The second-order valence-corrected chi connectivity index (χ2v) is 8.26. The van der Waals surface area contributed by atoms with E-state index in [2.05, 4.69) is 15.3 Å². The van der Waals surface area contributed by atoms with Crippen LogP contribution in [0.3, 0.4) is 0 Å². The summed E-state index contributed by atoms with van der Waals surface area (Å²) >= 11 is 0. The minimum atomic E-state index is -0.282. The van der Waals surface area contributed by atoms with Crippen LogP contribution in [0.5, 0.6) is 17.4 Å². The Morgan fingerprint density at radius 3 is 2.68 bits per heavy atom. The number of carbonyl (C=O) groups excluding carboxylic acids is 1. The first-order valence-electron chi connectivity index (χ1n) is 11.5. The smallest absolute Gasteiger partial charge is 0.410 e. The summed E-state index contributed by atoms with van der Waals surface area (Å²) in [5, 5.41) is 12.1. The first kappa shape index (κ1) is 25.4. The highest BCUT2D eigenvalue weighted by Crippen LogP contribution is 2.37. The van der Waals surface area contributed by atoms with Crippen molar-refractivity contribution in [3.63, 3.8) is 0 Å². The highest BCUT2D eigenvalue weighted by atomic mass is 16.6. The number of aryl methyl sites for hydroxylation is 1. The molecule has 0 spiro atoms. The molecule has 0 atom stereocenters. The Kier molecular flexibility index (Phi) is 9.15. The minimum absolute atomic E-state index is 0.0500. The third kappa shape index (κ3) is 6.86. The van der Waals surface area contributed by atoms with Gasteiger partial charge in [-0.25, -0.2) is 14.8 Å². The molecule has 10 nitrogen and oxygen atoms in total. The van der Waals surface area contributed by atoms with Gasteiger partial charge in [0, 0.05) is 57.3 Å². The number of pyridine rings is 2. The third-order valence-corrected chi connectivity index (χ3v) is 5.27. The van der Waals surface area contributed by atoms with Gasteiger partial charge >= 0.3 is 6.09 Å². The normalized spacial score (nSPS) is 14.1. The van der Waals surface area contributed by atoms with Gasteiger partial charge < -0.3 is 34.3 Å². The Morgan fingerprint density at radius 2 is 2.03 bits per heavy atom. The van der Waals surface area contributed by atoms with E-state index in [-0.39, 0.29) is 24.9 Å². The summed E-state index contributed by atoms with van der Waals surface area (Å²) in [5.74, 6) is 2.08. The van der Waals surface area contributed by atoms with Crippen molar-refractivity contribution in [1.29, 1.82) is 0 Å². The van der Waals surface area contributed by atoms with Crippen LogP contribution in [0.25, 0.3) is 0 Å². The van der Waals surface area contributed by atoms with Crippen LogP contribution in [0.2, 0.25) is 0 Å². The molecule has 3 heterocycles. The van der Waals surface area contributed by atoms with Gasteiger partial charge in [0.15, 0.2) is 11.6 Å². The lowest BCUT2D eigenvalue weighted by atomic mass is 10.1. The van der Waals surface area contributed by atoms with E-state index in [1.807, 2.05) is 26.8 Å². The fraction of sp³-hybridized carbons (Fsp3) is 0.542.